The van der Waals surface area contributed by atoms with Crippen molar-refractivity contribution in [1.29, 1.82) is 0 Å². The Balaban J connectivity index is 2.27. The van der Waals surface area contributed by atoms with Crippen LogP contribution in [-0.2, 0) is 23.1 Å². The van der Waals surface area contributed by atoms with Crippen LogP contribution >= 0.6 is 11.3 Å². The highest BCUT2D eigenvalue weighted by Crippen LogP contribution is 2.21. The van der Waals surface area contributed by atoms with Gasteiger partial charge in [0, 0.05) is 29.7 Å². The Hall–Kier alpha value is -1.42. The lowest BCUT2D eigenvalue weighted by molar-refractivity contribution is 0.525. The van der Waals surface area contributed by atoms with Gasteiger partial charge in [0.25, 0.3) is 0 Å². The van der Waals surface area contributed by atoms with Gasteiger partial charge in [0.15, 0.2) is 5.82 Å². The van der Waals surface area contributed by atoms with Gasteiger partial charge in [-0.1, -0.05) is 0 Å². The van der Waals surface area contributed by atoms with Gasteiger partial charge in [-0.05, 0) is 19.1 Å². The molecule has 0 atom stereocenters. The standard InChI is InChI=1S/C12H13F2N3O2S2/c1-7-16-5-8(20-7)6-17-21(18,19)11-3-2-10(13)9(4-15)12(11)14/h2-3,5,17H,4,6,15H2,1H3. The maximum absolute atomic E-state index is 14.0. The van der Waals surface area contributed by atoms with Gasteiger partial charge >= 0.3 is 0 Å². The predicted octanol–water partition coefficient (Wildman–Crippen LogP) is 1.67. The van der Waals surface area contributed by atoms with Crippen molar-refractivity contribution in [2.75, 3.05) is 0 Å². The minimum Gasteiger partial charge on any atom is -0.326 e. The van der Waals surface area contributed by atoms with Crippen molar-refractivity contribution in [2.24, 2.45) is 5.73 Å². The first-order valence-electron chi connectivity index (χ1n) is 5.93. The first-order chi connectivity index (χ1) is 9.85. The fraction of sp³-hybridized carbons (Fsp3) is 0.250. The normalized spacial score (nSPS) is 11.8. The van der Waals surface area contributed by atoms with Gasteiger partial charge in [0.2, 0.25) is 10.0 Å². The molecule has 0 aliphatic rings. The summed E-state index contributed by atoms with van der Waals surface area (Å²) in [6, 6.07) is 1.76. The zero-order chi connectivity index (χ0) is 15.6. The fourth-order valence-electron chi connectivity index (χ4n) is 1.70. The van der Waals surface area contributed by atoms with E-state index in [9.17, 15) is 17.2 Å². The third-order valence-corrected chi connectivity index (χ3v) is 5.08. The molecule has 0 fully saturated rings. The number of thiazole rings is 1. The van der Waals surface area contributed by atoms with Gasteiger partial charge in [-0.15, -0.1) is 11.3 Å². The lowest BCUT2D eigenvalue weighted by atomic mass is 10.2. The fourth-order valence-corrected chi connectivity index (χ4v) is 3.64. The Morgan fingerprint density at radius 3 is 2.67 bits per heavy atom. The molecule has 0 saturated carbocycles. The van der Waals surface area contributed by atoms with Gasteiger partial charge in [0.1, 0.15) is 10.7 Å². The molecule has 0 bridgehead atoms. The summed E-state index contributed by atoms with van der Waals surface area (Å²) in [5, 5.41) is 0.794. The van der Waals surface area contributed by atoms with Crippen LogP contribution in [0.5, 0.6) is 0 Å². The van der Waals surface area contributed by atoms with Crippen molar-refractivity contribution >= 4 is 21.4 Å². The number of hydrogen-bond acceptors (Lipinski definition) is 5. The van der Waals surface area contributed by atoms with Crippen LogP contribution in [0, 0.1) is 18.6 Å². The predicted molar refractivity (Wildman–Crippen MR) is 75.1 cm³/mol. The minimum absolute atomic E-state index is 0.0113. The van der Waals surface area contributed by atoms with Crippen molar-refractivity contribution in [3.05, 3.63) is 45.4 Å². The Morgan fingerprint density at radius 1 is 1.38 bits per heavy atom. The van der Waals surface area contributed by atoms with Crippen LogP contribution in [0.3, 0.4) is 0 Å². The number of rotatable bonds is 5. The third-order valence-electron chi connectivity index (χ3n) is 2.75. The van der Waals surface area contributed by atoms with Crippen LogP contribution in [0.25, 0.3) is 0 Å². The van der Waals surface area contributed by atoms with Gasteiger partial charge < -0.3 is 5.73 Å². The van der Waals surface area contributed by atoms with Gasteiger partial charge in [-0.2, -0.15) is 0 Å². The van der Waals surface area contributed by atoms with Crippen LogP contribution in [0.2, 0.25) is 0 Å². The van der Waals surface area contributed by atoms with Gasteiger partial charge in [0.05, 0.1) is 5.01 Å². The van der Waals surface area contributed by atoms with Crippen molar-refractivity contribution in [3.8, 4) is 0 Å². The summed E-state index contributed by atoms with van der Waals surface area (Å²) in [6.07, 6.45) is 1.54. The molecular formula is C12H13F2N3O2S2. The van der Waals surface area contributed by atoms with E-state index in [0.717, 1.165) is 17.1 Å². The molecule has 1 aromatic carbocycles. The van der Waals surface area contributed by atoms with Gasteiger partial charge in [-0.3, -0.25) is 0 Å². The molecule has 0 aliphatic carbocycles. The second-order valence-electron chi connectivity index (χ2n) is 4.21. The molecule has 0 unspecified atom stereocenters. The van der Waals surface area contributed by atoms with Crippen LogP contribution in [0.15, 0.2) is 23.2 Å². The monoisotopic (exact) mass is 333 g/mol. The molecule has 5 nitrogen and oxygen atoms in total. The molecule has 21 heavy (non-hydrogen) atoms. The minimum atomic E-state index is -4.10. The first kappa shape index (κ1) is 16.0. The van der Waals surface area contributed by atoms with E-state index >= 15 is 0 Å². The molecular weight excluding hydrogens is 320 g/mol. The number of nitrogens with one attached hydrogen (secondary N) is 1. The Labute approximate surface area is 124 Å². The lowest BCUT2D eigenvalue weighted by Crippen LogP contribution is -2.24. The molecule has 1 aromatic heterocycles. The molecule has 9 heteroatoms. The maximum atomic E-state index is 14.0. The second kappa shape index (κ2) is 6.14. The Morgan fingerprint density at radius 2 is 2.10 bits per heavy atom. The first-order valence-corrected chi connectivity index (χ1v) is 8.23. The molecule has 0 amide bonds. The smallest absolute Gasteiger partial charge is 0.243 e. The SMILES string of the molecule is Cc1ncc(CNS(=O)(=O)c2ccc(F)c(CN)c2F)s1. The number of aryl methyl sites for hydroxylation is 1. The molecule has 3 N–H and O–H groups in total. The molecule has 2 rings (SSSR count). The lowest BCUT2D eigenvalue weighted by Gasteiger charge is -2.09. The summed E-state index contributed by atoms with van der Waals surface area (Å²) < 4.78 is 53.8. The highest BCUT2D eigenvalue weighted by Gasteiger charge is 2.23. The summed E-state index contributed by atoms with van der Waals surface area (Å²) in [6.45, 7) is 1.35. The summed E-state index contributed by atoms with van der Waals surface area (Å²) in [4.78, 5) is 4.06. The second-order valence-corrected chi connectivity index (χ2v) is 7.27. The zero-order valence-corrected chi connectivity index (χ0v) is 12.7. The number of hydrogen-bond donors (Lipinski definition) is 2. The van der Waals surface area contributed by atoms with Crippen molar-refractivity contribution in [1.82, 2.24) is 9.71 Å². The van der Waals surface area contributed by atoms with E-state index in [2.05, 4.69) is 9.71 Å². The average Bonchev–Trinajstić information content (AvgIpc) is 2.83. The number of aromatic nitrogens is 1. The number of benzene rings is 1. The van der Waals surface area contributed by atoms with E-state index in [1.54, 1.807) is 6.92 Å². The van der Waals surface area contributed by atoms with Crippen LogP contribution in [0.4, 0.5) is 8.78 Å². The van der Waals surface area contributed by atoms with E-state index in [1.807, 2.05) is 0 Å². The molecule has 0 aliphatic heterocycles. The number of nitrogens with zero attached hydrogens (tertiary/aromatic N) is 1. The highest BCUT2D eigenvalue weighted by atomic mass is 32.2. The third kappa shape index (κ3) is 3.43. The molecule has 2 aromatic rings. The van der Waals surface area contributed by atoms with E-state index < -0.39 is 38.7 Å². The van der Waals surface area contributed by atoms with Crippen LogP contribution in [-0.4, -0.2) is 13.4 Å². The maximum Gasteiger partial charge on any atom is 0.243 e. The van der Waals surface area contributed by atoms with Gasteiger partial charge in [-0.25, -0.2) is 26.9 Å². The molecule has 0 spiro atoms. The van der Waals surface area contributed by atoms with Crippen molar-refractivity contribution < 1.29 is 17.2 Å². The van der Waals surface area contributed by atoms with Crippen LogP contribution < -0.4 is 10.5 Å². The summed E-state index contributed by atoms with van der Waals surface area (Å²) >= 11 is 1.33. The van der Waals surface area contributed by atoms with E-state index in [1.165, 1.54) is 17.5 Å². The topological polar surface area (TPSA) is 85.1 Å². The number of halogens is 2. The molecule has 114 valence electrons. The zero-order valence-electron chi connectivity index (χ0n) is 11.1. The Bertz CT molecular complexity index is 760. The van der Waals surface area contributed by atoms with Crippen molar-refractivity contribution in [3.63, 3.8) is 0 Å². The molecule has 0 saturated heterocycles. The summed E-state index contributed by atoms with van der Waals surface area (Å²) in [7, 11) is -4.10. The van der Waals surface area contributed by atoms with E-state index in [0.29, 0.717) is 4.88 Å². The number of nitrogens with two attached hydrogens (primary N) is 1. The quantitative estimate of drug-likeness (QED) is 0.871. The van der Waals surface area contributed by atoms with E-state index in [4.69, 9.17) is 5.73 Å². The Kier molecular flexibility index (Phi) is 4.67. The average molecular weight is 333 g/mol. The van der Waals surface area contributed by atoms with E-state index in [-0.39, 0.29) is 6.54 Å². The number of sulfonamides is 1. The summed E-state index contributed by atoms with van der Waals surface area (Å²) in [5.41, 5.74) is 4.78. The van der Waals surface area contributed by atoms with Crippen LogP contribution in [0.1, 0.15) is 15.4 Å². The summed E-state index contributed by atoms with van der Waals surface area (Å²) in [5.74, 6) is -2.03. The molecule has 0 radical (unpaired) electrons. The highest BCUT2D eigenvalue weighted by molar-refractivity contribution is 7.89. The molecule has 1 heterocycles. The van der Waals surface area contributed by atoms with Crippen molar-refractivity contribution in [2.45, 2.75) is 24.9 Å². The largest absolute Gasteiger partial charge is 0.326 e.